The molecule has 1 aliphatic rings. The van der Waals surface area contributed by atoms with Crippen molar-refractivity contribution in [2.24, 2.45) is 7.05 Å². The standard InChI is InChI=1S/C18H24N4OS/c1-20(2)18(23)17-15-13-19-21(3)16(15)9-10-22(17)11-12-24-14-7-5-4-6-8-14/h4-8,13,17H,9-12H2,1-3H3. The summed E-state index contributed by atoms with van der Waals surface area (Å²) < 4.78 is 1.90. The van der Waals surface area contributed by atoms with Crippen LogP contribution in [-0.4, -0.2) is 58.4 Å². The minimum absolute atomic E-state index is 0.133. The molecule has 0 saturated carbocycles. The van der Waals surface area contributed by atoms with Gasteiger partial charge in [-0.15, -0.1) is 11.8 Å². The molecule has 24 heavy (non-hydrogen) atoms. The van der Waals surface area contributed by atoms with Crippen LogP contribution >= 0.6 is 11.8 Å². The van der Waals surface area contributed by atoms with Crippen molar-refractivity contribution in [2.75, 3.05) is 32.9 Å². The lowest BCUT2D eigenvalue weighted by atomic mass is 9.98. The molecule has 0 N–H and O–H groups in total. The Bertz CT molecular complexity index is 698. The summed E-state index contributed by atoms with van der Waals surface area (Å²) in [4.78, 5) is 18.0. The zero-order valence-electron chi connectivity index (χ0n) is 14.5. The predicted molar refractivity (Wildman–Crippen MR) is 97.1 cm³/mol. The lowest BCUT2D eigenvalue weighted by Crippen LogP contribution is -2.45. The molecule has 0 fully saturated rings. The van der Waals surface area contributed by atoms with E-state index in [-0.39, 0.29) is 11.9 Å². The van der Waals surface area contributed by atoms with E-state index in [1.807, 2.05) is 49.8 Å². The van der Waals surface area contributed by atoms with Crippen LogP contribution in [0, 0.1) is 0 Å². The van der Waals surface area contributed by atoms with Crippen LogP contribution in [0.15, 0.2) is 41.4 Å². The van der Waals surface area contributed by atoms with E-state index in [1.54, 1.807) is 4.90 Å². The summed E-state index contributed by atoms with van der Waals surface area (Å²) in [7, 11) is 5.60. The number of fused-ring (bicyclic) bond motifs is 1. The average Bonchev–Trinajstić information content (AvgIpc) is 2.96. The number of rotatable bonds is 5. The third-order valence-corrected chi connectivity index (χ3v) is 5.45. The fourth-order valence-electron chi connectivity index (χ4n) is 3.16. The number of amides is 1. The summed E-state index contributed by atoms with van der Waals surface area (Å²) in [6, 6.07) is 10.2. The maximum absolute atomic E-state index is 12.8. The van der Waals surface area contributed by atoms with Crippen LogP contribution in [0.5, 0.6) is 0 Å². The molecule has 2 aromatic rings. The highest BCUT2D eigenvalue weighted by Crippen LogP contribution is 2.31. The Kier molecular flexibility index (Phi) is 5.26. The summed E-state index contributed by atoms with van der Waals surface area (Å²) in [6.45, 7) is 1.78. The van der Waals surface area contributed by atoms with Gasteiger partial charge in [-0.1, -0.05) is 18.2 Å². The lowest BCUT2D eigenvalue weighted by Gasteiger charge is -2.36. The highest BCUT2D eigenvalue weighted by atomic mass is 32.2. The Morgan fingerprint density at radius 1 is 1.33 bits per heavy atom. The van der Waals surface area contributed by atoms with Crippen LogP contribution in [0.1, 0.15) is 17.3 Å². The Morgan fingerprint density at radius 2 is 2.08 bits per heavy atom. The van der Waals surface area contributed by atoms with Crippen molar-refractivity contribution in [1.82, 2.24) is 19.6 Å². The van der Waals surface area contributed by atoms with E-state index in [4.69, 9.17) is 0 Å². The minimum Gasteiger partial charge on any atom is -0.347 e. The molecule has 0 bridgehead atoms. The maximum atomic E-state index is 12.8. The average molecular weight is 344 g/mol. The second-order valence-electron chi connectivity index (χ2n) is 6.25. The number of benzene rings is 1. The summed E-state index contributed by atoms with van der Waals surface area (Å²) in [5.41, 5.74) is 2.24. The van der Waals surface area contributed by atoms with Gasteiger partial charge < -0.3 is 4.90 Å². The number of hydrogen-bond acceptors (Lipinski definition) is 4. The molecular weight excluding hydrogens is 320 g/mol. The first kappa shape index (κ1) is 17.0. The molecule has 2 heterocycles. The van der Waals surface area contributed by atoms with Gasteiger partial charge in [0.05, 0.1) is 6.20 Å². The molecule has 1 aromatic carbocycles. The van der Waals surface area contributed by atoms with Crippen molar-refractivity contribution >= 4 is 17.7 Å². The Balaban J connectivity index is 1.73. The van der Waals surface area contributed by atoms with Crippen molar-refractivity contribution in [3.05, 3.63) is 47.8 Å². The maximum Gasteiger partial charge on any atom is 0.244 e. The Labute approximate surface area is 147 Å². The fourth-order valence-corrected chi connectivity index (χ4v) is 4.07. The number of hydrogen-bond donors (Lipinski definition) is 0. The number of aryl methyl sites for hydroxylation is 1. The second-order valence-corrected chi connectivity index (χ2v) is 7.42. The van der Waals surface area contributed by atoms with Crippen molar-refractivity contribution in [2.45, 2.75) is 17.4 Å². The monoisotopic (exact) mass is 344 g/mol. The molecule has 1 aromatic heterocycles. The first-order valence-corrected chi connectivity index (χ1v) is 9.20. The zero-order chi connectivity index (χ0) is 17.1. The lowest BCUT2D eigenvalue weighted by molar-refractivity contribution is -0.135. The molecule has 0 aliphatic carbocycles. The molecule has 1 atom stereocenters. The van der Waals surface area contributed by atoms with E-state index in [0.717, 1.165) is 30.8 Å². The van der Waals surface area contributed by atoms with E-state index in [9.17, 15) is 4.79 Å². The van der Waals surface area contributed by atoms with Crippen LogP contribution in [0.2, 0.25) is 0 Å². The molecule has 0 radical (unpaired) electrons. The van der Waals surface area contributed by atoms with Crippen LogP contribution in [0.3, 0.4) is 0 Å². The minimum atomic E-state index is -0.214. The fraction of sp³-hybridized carbons (Fsp3) is 0.444. The van der Waals surface area contributed by atoms with Gasteiger partial charge in [-0.05, 0) is 12.1 Å². The van der Waals surface area contributed by atoms with E-state index >= 15 is 0 Å². The molecule has 0 saturated heterocycles. The zero-order valence-corrected chi connectivity index (χ0v) is 15.3. The molecule has 1 aliphatic heterocycles. The van der Waals surface area contributed by atoms with Crippen molar-refractivity contribution in [3.63, 3.8) is 0 Å². The molecule has 0 spiro atoms. The molecule has 6 heteroatoms. The number of carbonyl (C=O) groups excluding carboxylic acids is 1. The highest BCUT2D eigenvalue weighted by Gasteiger charge is 2.35. The normalized spacial score (nSPS) is 17.5. The van der Waals surface area contributed by atoms with E-state index in [1.165, 1.54) is 10.6 Å². The molecule has 128 valence electrons. The highest BCUT2D eigenvalue weighted by molar-refractivity contribution is 7.99. The van der Waals surface area contributed by atoms with Crippen molar-refractivity contribution in [3.8, 4) is 0 Å². The van der Waals surface area contributed by atoms with Crippen molar-refractivity contribution in [1.29, 1.82) is 0 Å². The summed E-state index contributed by atoms with van der Waals surface area (Å²) in [5.74, 6) is 1.10. The molecule has 1 amide bonds. The summed E-state index contributed by atoms with van der Waals surface area (Å²) in [6.07, 6.45) is 2.80. The van der Waals surface area contributed by atoms with Crippen LogP contribution in [-0.2, 0) is 18.3 Å². The molecular formula is C18H24N4OS. The third-order valence-electron chi connectivity index (χ3n) is 4.45. The number of likely N-dealkylation sites (N-methyl/N-ethyl adjacent to an activating group) is 1. The smallest absolute Gasteiger partial charge is 0.244 e. The van der Waals surface area contributed by atoms with Crippen LogP contribution < -0.4 is 0 Å². The predicted octanol–water partition coefficient (Wildman–Crippen LogP) is 2.20. The van der Waals surface area contributed by atoms with Gasteiger partial charge in [-0.2, -0.15) is 5.10 Å². The topological polar surface area (TPSA) is 41.4 Å². The molecule has 3 rings (SSSR count). The number of carbonyl (C=O) groups is 1. The van der Waals surface area contributed by atoms with Gasteiger partial charge in [-0.25, -0.2) is 0 Å². The van der Waals surface area contributed by atoms with Gasteiger partial charge in [0.1, 0.15) is 6.04 Å². The Hall–Kier alpha value is -1.79. The van der Waals surface area contributed by atoms with Gasteiger partial charge in [0.2, 0.25) is 5.91 Å². The largest absolute Gasteiger partial charge is 0.347 e. The van der Waals surface area contributed by atoms with Crippen molar-refractivity contribution < 1.29 is 4.79 Å². The first-order chi connectivity index (χ1) is 11.6. The van der Waals surface area contributed by atoms with E-state index < -0.39 is 0 Å². The van der Waals surface area contributed by atoms with Crippen LogP contribution in [0.4, 0.5) is 0 Å². The summed E-state index contributed by atoms with van der Waals surface area (Å²) in [5, 5.41) is 4.37. The van der Waals surface area contributed by atoms with Gasteiger partial charge in [0, 0.05) is 62.6 Å². The van der Waals surface area contributed by atoms with E-state index in [0.29, 0.717) is 0 Å². The summed E-state index contributed by atoms with van der Waals surface area (Å²) >= 11 is 1.84. The second kappa shape index (κ2) is 7.40. The molecule has 5 nitrogen and oxygen atoms in total. The Morgan fingerprint density at radius 3 is 2.79 bits per heavy atom. The number of nitrogens with zero attached hydrogens (tertiary/aromatic N) is 4. The van der Waals surface area contributed by atoms with Gasteiger partial charge in [0.25, 0.3) is 0 Å². The first-order valence-electron chi connectivity index (χ1n) is 8.21. The third kappa shape index (κ3) is 3.49. The van der Waals surface area contributed by atoms with E-state index in [2.05, 4.69) is 34.3 Å². The number of aromatic nitrogens is 2. The van der Waals surface area contributed by atoms with Gasteiger partial charge in [0.15, 0.2) is 0 Å². The molecule has 1 unspecified atom stereocenters. The quantitative estimate of drug-likeness (QED) is 0.780. The SMILES string of the molecule is CN(C)C(=O)C1c2cnn(C)c2CCN1CCSc1ccccc1. The number of thioether (sulfide) groups is 1. The van der Waals surface area contributed by atoms with Gasteiger partial charge >= 0.3 is 0 Å². The van der Waals surface area contributed by atoms with Crippen LogP contribution in [0.25, 0.3) is 0 Å². The van der Waals surface area contributed by atoms with Gasteiger partial charge in [-0.3, -0.25) is 14.4 Å².